The molecular weight excluding hydrogens is 160 g/mol. The topological polar surface area (TPSA) is 20.2 Å². The molecule has 0 radical (unpaired) electrons. The molecule has 68 valence electrons. The Morgan fingerprint density at radius 2 is 2.00 bits per heavy atom. The Kier molecular flexibility index (Phi) is 3.83. The lowest BCUT2D eigenvalue weighted by Crippen LogP contribution is -1.78. The van der Waals surface area contributed by atoms with Gasteiger partial charge in [0.2, 0.25) is 0 Å². The molecule has 0 fully saturated rings. The molecule has 13 heavy (non-hydrogen) atoms. The SMILES string of the molecule is CC(/C=C\Cc1ccccc1)=C/O. The fourth-order valence-corrected chi connectivity index (χ4v) is 1.04. The van der Waals surface area contributed by atoms with Gasteiger partial charge >= 0.3 is 0 Å². The zero-order valence-corrected chi connectivity index (χ0v) is 7.77. The quantitative estimate of drug-likeness (QED) is 0.551. The lowest BCUT2D eigenvalue weighted by molar-refractivity contribution is 0.469. The van der Waals surface area contributed by atoms with Crippen LogP contribution in [0.4, 0.5) is 0 Å². The molecule has 0 heterocycles. The third-order valence-electron chi connectivity index (χ3n) is 1.78. The lowest BCUT2D eigenvalue weighted by Gasteiger charge is -1.93. The first-order valence-corrected chi connectivity index (χ1v) is 4.34. The molecule has 0 unspecified atom stereocenters. The van der Waals surface area contributed by atoms with E-state index in [1.165, 1.54) is 5.56 Å². The highest BCUT2D eigenvalue weighted by Gasteiger charge is 1.85. The van der Waals surface area contributed by atoms with Gasteiger partial charge in [0.1, 0.15) is 0 Å². The van der Waals surface area contributed by atoms with Crippen LogP contribution in [-0.4, -0.2) is 5.11 Å². The van der Waals surface area contributed by atoms with Gasteiger partial charge in [-0.15, -0.1) is 0 Å². The molecule has 1 N–H and O–H groups in total. The number of allylic oxidation sites excluding steroid dienone is 3. The highest BCUT2D eigenvalue weighted by Crippen LogP contribution is 2.01. The summed E-state index contributed by atoms with van der Waals surface area (Å²) in [5.74, 6) is 0. The number of rotatable bonds is 3. The minimum Gasteiger partial charge on any atom is -0.515 e. The molecule has 0 aliphatic heterocycles. The van der Waals surface area contributed by atoms with Crippen molar-refractivity contribution in [2.45, 2.75) is 13.3 Å². The highest BCUT2D eigenvalue weighted by molar-refractivity contribution is 5.20. The van der Waals surface area contributed by atoms with E-state index in [4.69, 9.17) is 5.11 Å². The molecule has 0 atom stereocenters. The third-order valence-corrected chi connectivity index (χ3v) is 1.78. The predicted octanol–water partition coefficient (Wildman–Crippen LogP) is 3.25. The van der Waals surface area contributed by atoms with Crippen LogP contribution in [-0.2, 0) is 6.42 Å². The molecule has 0 saturated heterocycles. The van der Waals surface area contributed by atoms with E-state index in [9.17, 15) is 0 Å². The van der Waals surface area contributed by atoms with Gasteiger partial charge in [-0.2, -0.15) is 0 Å². The standard InChI is InChI=1S/C12H14O/c1-11(10-13)6-5-9-12-7-3-2-4-8-12/h2-8,10,13H,9H2,1H3/b6-5-,11-10-. The van der Waals surface area contributed by atoms with Crippen LogP contribution < -0.4 is 0 Å². The molecule has 1 aromatic rings. The molecule has 1 rings (SSSR count). The van der Waals surface area contributed by atoms with Crippen molar-refractivity contribution in [3.63, 3.8) is 0 Å². The Morgan fingerprint density at radius 1 is 1.31 bits per heavy atom. The van der Waals surface area contributed by atoms with Crippen LogP contribution in [0.25, 0.3) is 0 Å². The van der Waals surface area contributed by atoms with Gasteiger partial charge in [0.15, 0.2) is 0 Å². The van der Waals surface area contributed by atoms with Gasteiger partial charge in [0.25, 0.3) is 0 Å². The molecule has 1 nitrogen and oxygen atoms in total. The second-order valence-corrected chi connectivity index (χ2v) is 2.97. The smallest absolute Gasteiger partial charge is 0.0820 e. The van der Waals surface area contributed by atoms with Crippen molar-refractivity contribution in [3.05, 3.63) is 59.9 Å². The number of hydrogen-bond acceptors (Lipinski definition) is 1. The largest absolute Gasteiger partial charge is 0.515 e. The average Bonchev–Trinajstić information content (AvgIpc) is 2.19. The van der Waals surface area contributed by atoms with E-state index < -0.39 is 0 Å². The van der Waals surface area contributed by atoms with Crippen LogP contribution in [0.5, 0.6) is 0 Å². The number of benzene rings is 1. The first-order valence-electron chi connectivity index (χ1n) is 4.34. The normalized spacial score (nSPS) is 12.2. The van der Waals surface area contributed by atoms with Crippen LogP contribution >= 0.6 is 0 Å². The molecule has 0 spiro atoms. The summed E-state index contributed by atoms with van der Waals surface area (Å²) in [4.78, 5) is 0. The number of aliphatic hydroxyl groups is 1. The molecule has 1 heteroatoms. The molecule has 0 aromatic heterocycles. The summed E-state index contributed by atoms with van der Waals surface area (Å²) in [7, 11) is 0. The van der Waals surface area contributed by atoms with E-state index in [1.807, 2.05) is 37.3 Å². The van der Waals surface area contributed by atoms with Crippen LogP contribution in [0.3, 0.4) is 0 Å². The summed E-state index contributed by atoms with van der Waals surface area (Å²) in [5, 5.41) is 8.62. The fraction of sp³-hybridized carbons (Fsp3) is 0.167. The van der Waals surface area contributed by atoms with Gasteiger partial charge in [-0.05, 0) is 24.5 Å². The summed E-state index contributed by atoms with van der Waals surface area (Å²) in [5.41, 5.74) is 2.15. The Labute approximate surface area is 79.0 Å². The Bertz CT molecular complexity index is 296. The maximum absolute atomic E-state index is 8.62. The van der Waals surface area contributed by atoms with E-state index in [0.717, 1.165) is 18.3 Å². The Balaban J connectivity index is 2.48. The van der Waals surface area contributed by atoms with E-state index in [1.54, 1.807) is 0 Å². The maximum atomic E-state index is 8.62. The summed E-state index contributed by atoms with van der Waals surface area (Å²) in [6.45, 7) is 1.86. The van der Waals surface area contributed by atoms with Crippen molar-refractivity contribution in [1.29, 1.82) is 0 Å². The van der Waals surface area contributed by atoms with Crippen molar-refractivity contribution in [2.24, 2.45) is 0 Å². The van der Waals surface area contributed by atoms with Gasteiger partial charge in [-0.3, -0.25) is 0 Å². The minimum absolute atomic E-state index is 0.871. The first kappa shape index (κ1) is 9.59. The van der Waals surface area contributed by atoms with Crippen LogP contribution in [0.1, 0.15) is 12.5 Å². The van der Waals surface area contributed by atoms with Crippen molar-refractivity contribution in [3.8, 4) is 0 Å². The summed E-state index contributed by atoms with van der Waals surface area (Å²) >= 11 is 0. The van der Waals surface area contributed by atoms with E-state index in [2.05, 4.69) is 12.1 Å². The monoisotopic (exact) mass is 174 g/mol. The zero-order valence-electron chi connectivity index (χ0n) is 7.77. The summed E-state index contributed by atoms with van der Waals surface area (Å²) in [6.07, 6.45) is 5.97. The van der Waals surface area contributed by atoms with E-state index in [-0.39, 0.29) is 0 Å². The first-order chi connectivity index (χ1) is 6.33. The van der Waals surface area contributed by atoms with Crippen molar-refractivity contribution in [1.82, 2.24) is 0 Å². The highest BCUT2D eigenvalue weighted by atomic mass is 16.2. The van der Waals surface area contributed by atoms with Crippen LogP contribution in [0.15, 0.2) is 54.3 Å². The molecule has 0 aliphatic carbocycles. The second-order valence-electron chi connectivity index (χ2n) is 2.97. The van der Waals surface area contributed by atoms with Gasteiger partial charge in [-0.1, -0.05) is 42.5 Å². The van der Waals surface area contributed by atoms with Crippen LogP contribution in [0.2, 0.25) is 0 Å². The predicted molar refractivity (Wildman–Crippen MR) is 55.7 cm³/mol. The number of hydrogen-bond donors (Lipinski definition) is 1. The second kappa shape index (κ2) is 5.20. The molecule has 0 amide bonds. The molecule has 0 saturated carbocycles. The van der Waals surface area contributed by atoms with Gasteiger partial charge in [0, 0.05) is 0 Å². The lowest BCUT2D eigenvalue weighted by atomic mass is 10.1. The van der Waals surface area contributed by atoms with Gasteiger partial charge in [0.05, 0.1) is 6.26 Å². The summed E-state index contributed by atoms with van der Waals surface area (Å²) < 4.78 is 0. The van der Waals surface area contributed by atoms with Crippen LogP contribution in [0, 0.1) is 0 Å². The molecule has 0 bridgehead atoms. The Hall–Kier alpha value is -1.50. The molecule has 1 aromatic carbocycles. The Morgan fingerprint density at radius 3 is 2.62 bits per heavy atom. The minimum atomic E-state index is 0.871. The van der Waals surface area contributed by atoms with Crippen molar-refractivity contribution >= 4 is 0 Å². The van der Waals surface area contributed by atoms with Gasteiger partial charge in [-0.25, -0.2) is 0 Å². The van der Waals surface area contributed by atoms with Crippen molar-refractivity contribution in [2.75, 3.05) is 0 Å². The van der Waals surface area contributed by atoms with Crippen molar-refractivity contribution < 1.29 is 5.11 Å². The van der Waals surface area contributed by atoms with E-state index in [0.29, 0.717) is 0 Å². The average molecular weight is 174 g/mol. The molecular formula is C12H14O. The molecule has 0 aliphatic rings. The zero-order chi connectivity index (χ0) is 9.52. The number of aliphatic hydroxyl groups excluding tert-OH is 1. The third kappa shape index (κ3) is 3.61. The summed E-state index contributed by atoms with van der Waals surface area (Å²) in [6, 6.07) is 10.2. The maximum Gasteiger partial charge on any atom is 0.0820 e. The van der Waals surface area contributed by atoms with Gasteiger partial charge < -0.3 is 5.11 Å². The van der Waals surface area contributed by atoms with E-state index >= 15 is 0 Å². The fourth-order valence-electron chi connectivity index (χ4n) is 1.04.